The van der Waals surface area contributed by atoms with E-state index in [1.807, 2.05) is 0 Å². The molecule has 0 rings (SSSR count). The van der Waals surface area contributed by atoms with Crippen LogP contribution < -0.4 is 5.32 Å². The SMILES string of the molecule is CCS(=O)(=O)CCNC#N. The molecule has 0 atom stereocenters. The number of sulfone groups is 1. The van der Waals surface area contributed by atoms with Gasteiger partial charge in [0.1, 0.15) is 0 Å². The molecule has 0 unspecified atom stereocenters. The molecular weight excluding hydrogens is 152 g/mol. The molecule has 10 heavy (non-hydrogen) atoms. The van der Waals surface area contributed by atoms with E-state index in [4.69, 9.17) is 5.26 Å². The maximum Gasteiger partial charge on any atom is 0.176 e. The highest BCUT2D eigenvalue weighted by Crippen LogP contribution is 1.85. The van der Waals surface area contributed by atoms with Crippen LogP contribution in [0.5, 0.6) is 0 Å². The molecule has 0 radical (unpaired) electrons. The van der Waals surface area contributed by atoms with Crippen LogP contribution in [0.3, 0.4) is 0 Å². The lowest BCUT2D eigenvalue weighted by Crippen LogP contribution is -2.19. The average molecular weight is 162 g/mol. The smallest absolute Gasteiger partial charge is 0.176 e. The molecule has 1 N–H and O–H groups in total. The van der Waals surface area contributed by atoms with Crippen LogP contribution in [0, 0.1) is 11.5 Å². The van der Waals surface area contributed by atoms with Gasteiger partial charge in [-0.15, -0.1) is 0 Å². The number of rotatable bonds is 4. The Morgan fingerprint density at radius 1 is 1.60 bits per heavy atom. The van der Waals surface area contributed by atoms with Crippen molar-refractivity contribution >= 4 is 9.84 Å². The first-order valence-corrected chi connectivity index (χ1v) is 4.77. The topological polar surface area (TPSA) is 70.0 Å². The van der Waals surface area contributed by atoms with Gasteiger partial charge < -0.3 is 5.32 Å². The zero-order valence-corrected chi connectivity index (χ0v) is 6.61. The fourth-order valence-corrected chi connectivity index (χ4v) is 1.11. The normalized spacial score (nSPS) is 10.4. The largest absolute Gasteiger partial charge is 0.323 e. The summed E-state index contributed by atoms with van der Waals surface area (Å²) in [6.07, 6.45) is 1.65. The highest BCUT2D eigenvalue weighted by atomic mass is 32.2. The Kier molecular flexibility index (Phi) is 3.81. The van der Waals surface area contributed by atoms with Crippen molar-refractivity contribution in [3.8, 4) is 6.19 Å². The second-order valence-electron chi connectivity index (χ2n) is 1.77. The van der Waals surface area contributed by atoms with Crippen LogP contribution in [-0.2, 0) is 9.84 Å². The summed E-state index contributed by atoms with van der Waals surface area (Å²) in [5, 5.41) is 10.2. The zero-order chi connectivity index (χ0) is 8.04. The highest BCUT2D eigenvalue weighted by Gasteiger charge is 2.04. The van der Waals surface area contributed by atoms with Crippen LogP contribution in [0.15, 0.2) is 0 Å². The standard InChI is InChI=1S/C5H10N2O2S/c1-2-10(8,9)4-3-7-5-6/h7H,2-4H2,1H3. The molecule has 0 bridgehead atoms. The van der Waals surface area contributed by atoms with Crippen molar-refractivity contribution in [1.29, 1.82) is 5.26 Å². The first-order chi connectivity index (χ1) is 4.62. The molecule has 0 saturated carbocycles. The lowest BCUT2D eigenvalue weighted by atomic mass is 10.8. The molecular formula is C5H10N2O2S. The maximum atomic E-state index is 10.7. The quantitative estimate of drug-likeness (QED) is 0.343. The third-order valence-electron chi connectivity index (χ3n) is 1.06. The van der Waals surface area contributed by atoms with E-state index in [0.717, 1.165) is 0 Å². The van der Waals surface area contributed by atoms with Gasteiger partial charge in [-0.3, -0.25) is 0 Å². The number of hydrogen-bond donors (Lipinski definition) is 1. The Morgan fingerprint density at radius 3 is 2.60 bits per heavy atom. The van der Waals surface area contributed by atoms with Gasteiger partial charge in [-0.05, 0) is 0 Å². The molecule has 0 fully saturated rings. The third kappa shape index (κ3) is 4.15. The molecule has 0 aliphatic carbocycles. The molecule has 0 aromatic carbocycles. The van der Waals surface area contributed by atoms with Crippen LogP contribution in [-0.4, -0.2) is 26.5 Å². The van der Waals surface area contributed by atoms with Gasteiger partial charge in [0.2, 0.25) is 0 Å². The van der Waals surface area contributed by atoms with Gasteiger partial charge in [0.25, 0.3) is 0 Å². The van der Waals surface area contributed by atoms with Crippen LogP contribution in [0.2, 0.25) is 0 Å². The van der Waals surface area contributed by atoms with Crippen LogP contribution in [0.25, 0.3) is 0 Å². The third-order valence-corrected chi connectivity index (χ3v) is 2.76. The fraction of sp³-hybridized carbons (Fsp3) is 0.800. The highest BCUT2D eigenvalue weighted by molar-refractivity contribution is 7.91. The van der Waals surface area contributed by atoms with E-state index in [0.29, 0.717) is 0 Å². The van der Waals surface area contributed by atoms with Gasteiger partial charge in [0.15, 0.2) is 16.0 Å². The van der Waals surface area contributed by atoms with Gasteiger partial charge >= 0.3 is 0 Å². The lowest BCUT2D eigenvalue weighted by Gasteiger charge is -1.97. The number of nitrogens with zero attached hydrogens (tertiary/aromatic N) is 1. The molecule has 0 amide bonds. The molecule has 0 aromatic rings. The number of nitrogens with one attached hydrogen (secondary N) is 1. The van der Waals surface area contributed by atoms with Crippen LogP contribution in [0.4, 0.5) is 0 Å². The second kappa shape index (κ2) is 4.12. The van der Waals surface area contributed by atoms with Gasteiger partial charge in [0, 0.05) is 12.3 Å². The van der Waals surface area contributed by atoms with Crippen molar-refractivity contribution in [1.82, 2.24) is 5.32 Å². The monoisotopic (exact) mass is 162 g/mol. The van der Waals surface area contributed by atoms with E-state index in [1.165, 1.54) is 0 Å². The Morgan fingerprint density at radius 2 is 2.20 bits per heavy atom. The molecule has 0 spiro atoms. The van der Waals surface area contributed by atoms with Crippen molar-refractivity contribution in [3.05, 3.63) is 0 Å². The van der Waals surface area contributed by atoms with E-state index >= 15 is 0 Å². The average Bonchev–Trinajstić information content (AvgIpc) is 1.89. The minimum Gasteiger partial charge on any atom is -0.323 e. The zero-order valence-electron chi connectivity index (χ0n) is 5.79. The summed E-state index contributed by atoms with van der Waals surface area (Å²) in [5.74, 6) is 0.178. The number of hydrogen-bond acceptors (Lipinski definition) is 4. The molecule has 0 aromatic heterocycles. The molecule has 58 valence electrons. The summed E-state index contributed by atoms with van der Waals surface area (Å²) < 4.78 is 21.4. The summed E-state index contributed by atoms with van der Waals surface area (Å²) in [6.45, 7) is 1.80. The van der Waals surface area contributed by atoms with Crippen molar-refractivity contribution in [2.45, 2.75) is 6.92 Å². The van der Waals surface area contributed by atoms with E-state index in [1.54, 1.807) is 13.1 Å². The van der Waals surface area contributed by atoms with Crippen LogP contribution in [0.1, 0.15) is 6.92 Å². The molecule has 0 aliphatic heterocycles. The van der Waals surface area contributed by atoms with Gasteiger partial charge in [-0.25, -0.2) is 8.42 Å². The summed E-state index contributed by atoms with van der Waals surface area (Å²) >= 11 is 0. The number of nitriles is 1. The second-order valence-corrected chi connectivity index (χ2v) is 4.25. The Labute approximate surface area is 60.8 Å². The van der Waals surface area contributed by atoms with Crippen molar-refractivity contribution < 1.29 is 8.42 Å². The fourth-order valence-electron chi connectivity index (χ4n) is 0.407. The summed E-state index contributed by atoms with van der Waals surface area (Å²) in [4.78, 5) is 0. The van der Waals surface area contributed by atoms with Crippen LogP contribution >= 0.6 is 0 Å². The van der Waals surface area contributed by atoms with Gasteiger partial charge in [-0.2, -0.15) is 5.26 Å². The van der Waals surface area contributed by atoms with E-state index in [9.17, 15) is 8.42 Å². The Hall–Kier alpha value is -0.760. The van der Waals surface area contributed by atoms with E-state index in [-0.39, 0.29) is 18.1 Å². The van der Waals surface area contributed by atoms with Gasteiger partial charge in [-0.1, -0.05) is 6.92 Å². The summed E-state index contributed by atoms with van der Waals surface area (Å²) in [5.41, 5.74) is 0. The molecule has 0 aliphatic rings. The van der Waals surface area contributed by atoms with Crippen molar-refractivity contribution in [3.63, 3.8) is 0 Å². The predicted octanol–water partition coefficient (Wildman–Crippen LogP) is -0.508. The van der Waals surface area contributed by atoms with E-state index in [2.05, 4.69) is 5.32 Å². The Bertz CT molecular complexity index is 214. The Balaban J connectivity index is 3.61. The summed E-state index contributed by atoms with van der Waals surface area (Å²) in [7, 11) is -2.91. The predicted molar refractivity (Wildman–Crippen MR) is 37.9 cm³/mol. The van der Waals surface area contributed by atoms with Gasteiger partial charge in [0.05, 0.1) is 5.75 Å². The first kappa shape index (κ1) is 9.24. The van der Waals surface area contributed by atoms with Crippen molar-refractivity contribution in [2.24, 2.45) is 0 Å². The summed E-state index contributed by atoms with van der Waals surface area (Å²) in [6, 6.07) is 0. The molecule has 0 heterocycles. The first-order valence-electron chi connectivity index (χ1n) is 2.94. The minimum atomic E-state index is -2.91. The molecule has 5 heteroatoms. The minimum absolute atomic E-state index is 0.0388. The maximum absolute atomic E-state index is 10.7. The van der Waals surface area contributed by atoms with Crippen molar-refractivity contribution in [2.75, 3.05) is 18.1 Å². The lowest BCUT2D eigenvalue weighted by molar-refractivity contribution is 0.595. The van der Waals surface area contributed by atoms with E-state index < -0.39 is 9.84 Å². The molecule has 0 saturated heterocycles. The molecule has 4 nitrogen and oxygen atoms in total.